The molecule has 62 valence electrons. The summed E-state index contributed by atoms with van der Waals surface area (Å²) < 4.78 is 0. The van der Waals surface area contributed by atoms with E-state index in [1.807, 2.05) is 0 Å². The molecule has 1 fully saturated rings. The van der Waals surface area contributed by atoms with Crippen LogP contribution < -0.4 is 11.1 Å². The number of carbonyl (C=O) groups is 1. The van der Waals surface area contributed by atoms with Crippen LogP contribution in [0.25, 0.3) is 0 Å². The summed E-state index contributed by atoms with van der Waals surface area (Å²) in [5, 5.41) is 11.1. The third-order valence-electron chi connectivity index (χ3n) is 1.31. The normalized spacial score (nSPS) is 19.3. The van der Waals surface area contributed by atoms with Crippen LogP contribution in [0.15, 0.2) is 0 Å². The Balaban J connectivity index is 0. The Labute approximate surface area is 71.0 Å². The zero-order valence-electron chi connectivity index (χ0n) is 5.16. The van der Waals surface area contributed by atoms with Gasteiger partial charge in [0.05, 0.1) is 0 Å². The average Bonchev–Trinajstić information content (AvgIpc) is 1.60. The number of halogens is 2. The fraction of sp³-hybridized carbons (Fsp3) is 0.750. The van der Waals surface area contributed by atoms with Gasteiger partial charge in [-0.25, -0.2) is 0 Å². The molecular weight excluding hydrogens is 179 g/mol. The highest BCUT2D eigenvalue weighted by Crippen LogP contribution is 2.04. The molecule has 6 heteroatoms. The smallest absolute Gasteiger partial charge is 0.326 e. The van der Waals surface area contributed by atoms with Crippen molar-refractivity contribution in [2.75, 3.05) is 13.1 Å². The number of nitrogens with two attached hydrogens (primary N) is 1. The predicted molar refractivity (Wildman–Crippen MR) is 41.9 cm³/mol. The minimum absolute atomic E-state index is 0. The molecular formula is C4H10Cl2N2O2. The molecule has 1 saturated heterocycles. The largest absolute Gasteiger partial charge is 0.480 e. The van der Waals surface area contributed by atoms with E-state index >= 15 is 0 Å². The zero-order valence-corrected chi connectivity index (χ0v) is 6.80. The van der Waals surface area contributed by atoms with E-state index in [1.54, 1.807) is 0 Å². The number of rotatable bonds is 1. The predicted octanol–water partition coefficient (Wildman–Crippen LogP) is -0.785. The van der Waals surface area contributed by atoms with Crippen LogP contribution in [0.5, 0.6) is 0 Å². The molecule has 10 heavy (non-hydrogen) atoms. The SMILES string of the molecule is Cl.Cl.NC1(C(=O)O)CNC1. The molecule has 0 aromatic rings. The first-order valence-corrected chi connectivity index (χ1v) is 2.38. The van der Waals surface area contributed by atoms with Crippen LogP contribution in [0.2, 0.25) is 0 Å². The molecule has 1 aliphatic heterocycles. The summed E-state index contributed by atoms with van der Waals surface area (Å²) in [4.78, 5) is 10.1. The average molecular weight is 189 g/mol. The Morgan fingerprint density at radius 2 is 1.90 bits per heavy atom. The van der Waals surface area contributed by atoms with Crippen LogP contribution in [0, 0.1) is 0 Å². The van der Waals surface area contributed by atoms with E-state index in [2.05, 4.69) is 5.32 Å². The van der Waals surface area contributed by atoms with Crippen molar-refractivity contribution in [2.24, 2.45) is 5.73 Å². The Hall–Kier alpha value is -0.0300. The van der Waals surface area contributed by atoms with Gasteiger partial charge >= 0.3 is 5.97 Å². The van der Waals surface area contributed by atoms with Gasteiger partial charge in [0.25, 0.3) is 0 Å². The second-order valence-electron chi connectivity index (χ2n) is 2.06. The van der Waals surface area contributed by atoms with Crippen molar-refractivity contribution in [3.05, 3.63) is 0 Å². The van der Waals surface area contributed by atoms with Crippen molar-refractivity contribution in [1.29, 1.82) is 0 Å². The van der Waals surface area contributed by atoms with Gasteiger partial charge in [0, 0.05) is 13.1 Å². The fourth-order valence-electron chi connectivity index (χ4n) is 0.546. The summed E-state index contributed by atoms with van der Waals surface area (Å²) in [5.74, 6) is -0.920. The molecule has 1 aliphatic rings. The van der Waals surface area contributed by atoms with E-state index < -0.39 is 11.5 Å². The second kappa shape index (κ2) is 3.98. The van der Waals surface area contributed by atoms with Crippen molar-refractivity contribution in [3.8, 4) is 0 Å². The number of carboxylic acids is 1. The molecule has 0 spiro atoms. The first-order valence-electron chi connectivity index (χ1n) is 2.38. The maximum absolute atomic E-state index is 10.1. The van der Waals surface area contributed by atoms with Crippen LogP contribution >= 0.6 is 24.8 Å². The van der Waals surface area contributed by atoms with Gasteiger partial charge in [-0.05, 0) is 0 Å². The second-order valence-corrected chi connectivity index (χ2v) is 2.06. The van der Waals surface area contributed by atoms with Crippen molar-refractivity contribution >= 4 is 30.8 Å². The Morgan fingerprint density at radius 3 is 1.90 bits per heavy atom. The molecule has 0 bridgehead atoms. The molecule has 0 aromatic heterocycles. The Bertz CT molecular complexity index is 126. The van der Waals surface area contributed by atoms with Crippen molar-refractivity contribution in [3.63, 3.8) is 0 Å². The molecule has 0 unspecified atom stereocenters. The summed E-state index contributed by atoms with van der Waals surface area (Å²) in [6.07, 6.45) is 0. The van der Waals surface area contributed by atoms with Gasteiger partial charge < -0.3 is 16.2 Å². The molecule has 0 aliphatic carbocycles. The number of aliphatic carboxylic acids is 1. The van der Waals surface area contributed by atoms with Gasteiger partial charge in [-0.2, -0.15) is 0 Å². The summed E-state index contributed by atoms with van der Waals surface area (Å²) in [7, 11) is 0. The highest BCUT2D eigenvalue weighted by Gasteiger charge is 2.40. The lowest BCUT2D eigenvalue weighted by atomic mass is 9.95. The maximum atomic E-state index is 10.1. The monoisotopic (exact) mass is 188 g/mol. The molecule has 0 aromatic carbocycles. The lowest BCUT2D eigenvalue weighted by molar-refractivity contribution is -0.145. The first kappa shape index (κ1) is 12.6. The van der Waals surface area contributed by atoms with Crippen molar-refractivity contribution < 1.29 is 9.90 Å². The van der Waals surface area contributed by atoms with E-state index in [4.69, 9.17) is 10.8 Å². The molecule has 4 N–H and O–H groups in total. The highest BCUT2D eigenvalue weighted by molar-refractivity contribution is 5.85. The Kier molecular flexibility index (Phi) is 5.02. The van der Waals surface area contributed by atoms with Gasteiger partial charge in [-0.1, -0.05) is 0 Å². The summed E-state index contributed by atoms with van der Waals surface area (Å²) in [5.41, 5.74) is 4.31. The quantitative estimate of drug-likeness (QED) is 0.505. The van der Waals surface area contributed by atoms with Gasteiger partial charge in [0.15, 0.2) is 0 Å². The molecule has 1 heterocycles. The van der Waals surface area contributed by atoms with Gasteiger partial charge in [-0.15, -0.1) is 24.8 Å². The third kappa shape index (κ3) is 1.98. The van der Waals surface area contributed by atoms with E-state index in [0.717, 1.165) is 0 Å². The molecule has 4 nitrogen and oxygen atoms in total. The molecule has 0 radical (unpaired) electrons. The molecule has 1 rings (SSSR count). The summed E-state index contributed by atoms with van der Waals surface area (Å²) in [6.45, 7) is 0.782. The van der Waals surface area contributed by atoms with Crippen molar-refractivity contribution in [2.45, 2.75) is 5.54 Å². The van der Waals surface area contributed by atoms with Crippen LogP contribution in [-0.2, 0) is 4.79 Å². The lowest BCUT2D eigenvalue weighted by Crippen LogP contribution is -2.70. The standard InChI is InChI=1S/C4H8N2O2.2ClH/c5-4(3(7)8)1-6-2-4;;/h6H,1-2,5H2,(H,7,8);2*1H. The van der Waals surface area contributed by atoms with Crippen LogP contribution in [-0.4, -0.2) is 29.7 Å². The van der Waals surface area contributed by atoms with E-state index in [9.17, 15) is 4.79 Å². The van der Waals surface area contributed by atoms with Gasteiger partial charge in [-0.3, -0.25) is 4.79 Å². The highest BCUT2D eigenvalue weighted by atomic mass is 35.5. The summed E-state index contributed by atoms with van der Waals surface area (Å²) >= 11 is 0. The fourth-order valence-corrected chi connectivity index (χ4v) is 0.546. The summed E-state index contributed by atoms with van der Waals surface area (Å²) in [6, 6.07) is 0. The van der Waals surface area contributed by atoms with Crippen LogP contribution in [0.3, 0.4) is 0 Å². The first-order chi connectivity index (χ1) is 3.65. The zero-order chi connectivity index (χ0) is 6.20. The topological polar surface area (TPSA) is 75.4 Å². The maximum Gasteiger partial charge on any atom is 0.326 e. The lowest BCUT2D eigenvalue weighted by Gasteiger charge is -2.34. The van der Waals surface area contributed by atoms with E-state index in [0.29, 0.717) is 13.1 Å². The Morgan fingerprint density at radius 1 is 1.50 bits per heavy atom. The van der Waals surface area contributed by atoms with Crippen LogP contribution in [0.1, 0.15) is 0 Å². The van der Waals surface area contributed by atoms with Gasteiger partial charge in [0.2, 0.25) is 0 Å². The van der Waals surface area contributed by atoms with E-state index in [1.165, 1.54) is 0 Å². The van der Waals surface area contributed by atoms with Crippen LogP contribution in [0.4, 0.5) is 0 Å². The number of hydrogen-bond donors (Lipinski definition) is 3. The van der Waals surface area contributed by atoms with Crippen molar-refractivity contribution in [1.82, 2.24) is 5.32 Å². The number of hydrogen-bond acceptors (Lipinski definition) is 3. The molecule has 0 amide bonds. The number of nitrogens with one attached hydrogen (secondary N) is 1. The third-order valence-corrected chi connectivity index (χ3v) is 1.31. The van der Waals surface area contributed by atoms with Gasteiger partial charge in [0.1, 0.15) is 5.54 Å². The minimum Gasteiger partial charge on any atom is -0.480 e. The minimum atomic E-state index is -0.972. The number of carboxylic acid groups (broad SMARTS) is 1. The molecule has 0 saturated carbocycles. The molecule has 0 atom stereocenters. The van der Waals surface area contributed by atoms with E-state index in [-0.39, 0.29) is 24.8 Å².